The van der Waals surface area contributed by atoms with Gasteiger partial charge in [0.15, 0.2) is 0 Å². The van der Waals surface area contributed by atoms with Gasteiger partial charge in [-0.2, -0.15) is 0 Å². The average molecular weight is 408 g/mol. The largest absolute Gasteiger partial charge is 0.343 e. The third-order valence-corrected chi connectivity index (χ3v) is 5.88. The molecule has 0 aromatic heterocycles. The molecule has 1 saturated heterocycles. The first-order valence-corrected chi connectivity index (χ1v) is 11.0. The molecule has 1 aliphatic rings. The van der Waals surface area contributed by atoms with Gasteiger partial charge in [-0.05, 0) is 42.7 Å². The molecule has 0 atom stereocenters. The average Bonchev–Trinajstić information content (AvgIpc) is 2.79. The standard InChI is InChI=1S/C25H33N3O2/c1-27(20-23-10-6-3-7-11-23)25(30)26-17-14-24(29)28-18-15-22(16-19-28)13-12-21-8-4-2-5-9-21/h2-11,22H,12-20H2,1H3,(H,26,30). The normalized spacial score (nSPS) is 14.4. The molecule has 160 valence electrons. The van der Waals surface area contributed by atoms with Crippen molar-refractivity contribution in [2.45, 2.75) is 38.6 Å². The van der Waals surface area contributed by atoms with E-state index in [2.05, 4.69) is 35.6 Å². The number of piperidine rings is 1. The minimum atomic E-state index is -0.147. The summed E-state index contributed by atoms with van der Waals surface area (Å²) in [4.78, 5) is 28.3. The maximum Gasteiger partial charge on any atom is 0.317 e. The Morgan fingerprint density at radius 2 is 1.57 bits per heavy atom. The van der Waals surface area contributed by atoms with E-state index in [4.69, 9.17) is 0 Å². The molecule has 0 spiro atoms. The number of carbonyl (C=O) groups is 2. The highest BCUT2D eigenvalue weighted by molar-refractivity contribution is 5.78. The minimum absolute atomic E-state index is 0.141. The van der Waals surface area contributed by atoms with E-state index in [0.29, 0.717) is 25.4 Å². The Balaban J connectivity index is 1.30. The van der Waals surface area contributed by atoms with Crippen LogP contribution in [0.15, 0.2) is 60.7 Å². The lowest BCUT2D eigenvalue weighted by Crippen LogP contribution is -2.42. The molecular formula is C25H33N3O2. The van der Waals surface area contributed by atoms with Crippen LogP contribution in [-0.2, 0) is 17.8 Å². The minimum Gasteiger partial charge on any atom is -0.343 e. The van der Waals surface area contributed by atoms with Crippen LogP contribution < -0.4 is 5.32 Å². The summed E-state index contributed by atoms with van der Waals surface area (Å²) in [5, 5.41) is 2.86. The number of hydrogen-bond donors (Lipinski definition) is 1. The van der Waals surface area contributed by atoms with Crippen LogP contribution in [0, 0.1) is 5.92 Å². The van der Waals surface area contributed by atoms with Crippen LogP contribution in [0.2, 0.25) is 0 Å². The van der Waals surface area contributed by atoms with E-state index in [1.807, 2.05) is 35.2 Å². The number of urea groups is 1. The quantitative estimate of drug-likeness (QED) is 0.717. The maximum atomic E-state index is 12.5. The summed E-state index contributed by atoms with van der Waals surface area (Å²) in [6.45, 7) is 2.60. The van der Waals surface area contributed by atoms with Gasteiger partial charge in [0, 0.05) is 39.6 Å². The number of benzene rings is 2. The summed E-state index contributed by atoms with van der Waals surface area (Å²) in [5.74, 6) is 0.836. The van der Waals surface area contributed by atoms with E-state index >= 15 is 0 Å². The van der Waals surface area contributed by atoms with Crippen LogP contribution in [0.5, 0.6) is 0 Å². The molecule has 3 rings (SSSR count). The molecular weight excluding hydrogens is 374 g/mol. The summed E-state index contributed by atoms with van der Waals surface area (Å²) in [7, 11) is 1.77. The van der Waals surface area contributed by atoms with Gasteiger partial charge in [0.25, 0.3) is 0 Å². The Morgan fingerprint density at radius 3 is 2.20 bits per heavy atom. The van der Waals surface area contributed by atoms with E-state index in [0.717, 1.165) is 37.9 Å². The van der Waals surface area contributed by atoms with Gasteiger partial charge >= 0.3 is 6.03 Å². The fourth-order valence-electron chi connectivity index (χ4n) is 3.99. The van der Waals surface area contributed by atoms with Crippen molar-refractivity contribution in [1.82, 2.24) is 15.1 Å². The second-order valence-corrected chi connectivity index (χ2v) is 8.17. The summed E-state index contributed by atoms with van der Waals surface area (Å²) < 4.78 is 0. The highest BCUT2D eigenvalue weighted by Crippen LogP contribution is 2.22. The van der Waals surface area contributed by atoms with Crippen molar-refractivity contribution < 1.29 is 9.59 Å². The van der Waals surface area contributed by atoms with E-state index in [1.165, 1.54) is 12.0 Å². The molecule has 1 heterocycles. The van der Waals surface area contributed by atoms with Gasteiger partial charge in [-0.1, -0.05) is 60.7 Å². The van der Waals surface area contributed by atoms with Gasteiger partial charge in [0.05, 0.1) is 0 Å². The first-order chi connectivity index (χ1) is 14.6. The van der Waals surface area contributed by atoms with Crippen LogP contribution in [0.4, 0.5) is 4.79 Å². The predicted octanol–water partition coefficient (Wildman–Crippen LogP) is 4.09. The molecule has 3 amide bonds. The zero-order chi connectivity index (χ0) is 21.2. The number of aryl methyl sites for hydroxylation is 1. The topological polar surface area (TPSA) is 52.7 Å². The summed E-state index contributed by atoms with van der Waals surface area (Å²) in [5.41, 5.74) is 2.48. The molecule has 0 saturated carbocycles. The lowest BCUT2D eigenvalue weighted by atomic mass is 9.90. The smallest absolute Gasteiger partial charge is 0.317 e. The molecule has 5 heteroatoms. The number of carbonyl (C=O) groups excluding carboxylic acids is 2. The van der Waals surface area contributed by atoms with Crippen molar-refractivity contribution in [2.24, 2.45) is 5.92 Å². The van der Waals surface area contributed by atoms with E-state index in [9.17, 15) is 9.59 Å². The van der Waals surface area contributed by atoms with E-state index in [-0.39, 0.29) is 11.9 Å². The number of nitrogens with zero attached hydrogens (tertiary/aromatic N) is 2. The van der Waals surface area contributed by atoms with E-state index < -0.39 is 0 Å². The number of likely N-dealkylation sites (tertiary alicyclic amines) is 1. The highest BCUT2D eigenvalue weighted by atomic mass is 16.2. The van der Waals surface area contributed by atoms with E-state index in [1.54, 1.807) is 11.9 Å². The molecule has 0 bridgehead atoms. The Labute approximate surface area is 180 Å². The van der Waals surface area contributed by atoms with Crippen LogP contribution in [0.3, 0.4) is 0 Å². The summed E-state index contributed by atoms with van der Waals surface area (Å²) >= 11 is 0. The monoisotopic (exact) mass is 407 g/mol. The molecule has 2 aromatic rings. The van der Waals surface area contributed by atoms with Crippen molar-refractivity contribution in [3.63, 3.8) is 0 Å². The van der Waals surface area contributed by atoms with Crippen LogP contribution in [0.25, 0.3) is 0 Å². The predicted molar refractivity (Wildman–Crippen MR) is 120 cm³/mol. The van der Waals surface area contributed by atoms with Gasteiger partial charge in [0.2, 0.25) is 5.91 Å². The second kappa shape index (κ2) is 11.4. The van der Waals surface area contributed by atoms with Gasteiger partial charge in [-0.25, -0.2) is 4.79 Å². The first kappa shape index (κ1) is 21.9. The van der Waals surface area contributed by atoms with Gasteiger partial charge < -0.3 is 15.1 Å². The number of amides is 3. The Hall–Kier alpha value is -2.82. The van der Waals surface area contributed by atoms with Gasteiger partial charge in [-0.3, -0.25) is 4.79 Å². The maximum absolute atomic E-state index is 12.5. The number of rotatable bonds is 8. The Bertz CT molecular complexity index is 787. The Kier molecular flexibility index (Phi) is 8.30. The number of hydrogen-bond acceptors (Lipinski definition) is 2. The third-order valence-electron chi connectivity index (χ3n) is 5.88. The van der Waals surface area contributed by atoms with Gasteiger partial charge in [0.1, 0.15) is 0 Å². The fourth-order valence-corrected chi connectivity index (χ4v) is 3.99. The second-order valence-electron chi connectivity index (χ2n) is 8.17. The number of nitrogens with one attached hydrogen (secondary N) is 1. The van der Waals surface area contributed by atoms with Gasteiger partial charge in [-0.15, -0.1) is 0 Å². The fraction of sp³-hybridized carbons (Fsp3) is 0.440. The van der Waals surface area contributed by atoms with Crippen molar-refractivity contribution in [1.29, 1.82) is 0 Å². The molecule has 2 aromatic carbocycles. The van der Waals surface area contributed by atoms with Crippen molar-refractivity contribution in [3.05, 3.63) is 71.8 Å². The van der Waals surface area contributed by atoms with Crippen LogP contribution in [-0.4, -0.2) is 48.4 Å². The van der Waals surface area contributed by atoms with Crippen LogP contribution in [0.1, 0.15) is 36.8 Å². The molecule has 5 nitrogen and oxygen atoms in total. The molecule has 1 fully saturated rings. The lowest BCUT2D eigenvalue weighted by molar-refractivity contribution is -0.132. The lowest BCUT2D eigenvalue weighted by Gasteiger charge is -2.32. The van der Waals surface area contributed by atoms with Crippen molar-refractivity contribution >= 4 is 11.9 Å². The third kappa shape index (κ3) is 6.90. The van der Waals surface area contributed by atoms with Crippen LogP contribution >= 0.6 is 0 Å². The molecule has 0 unspecified atom stereocenters. The first-order valence-electron chi connectivity index (χ1n) is 11.0. The SMILES string of the molecule is CN(Cc1ccccc1)C(=O)NCCC(=O)N1CCC(CCc2ccccc2)CC1. The van der Waals surface area contributed by atoms with Crippen molar-refractivity contribution in [2.75, 3.05) is 26.7 Å². The Morgan fingerprint density at radius 1 is 0.967 bits per heavy atom. The zero-order valence-electron chi connectivity index (χ0n) is 17.9. The molecule has 30 heavy (non-hydrogen) atoms. The zero-order valence-corrected chi connectivity index (χ0v) is 17.9. The molecule has 1 aliphatic heterocycles. The summed E-state index contributed by atoms with van der Waals surface area (Å²) in [6.07, 6.45) is 4.81. The van der Waals surface area contributed by atoms with Crippen molar-refractivity contribution in [3.8, 4) is 0 Å². The molecule has 0 radical (unpaired) electrons. The highest BCUT2D eigenvalue weighted by Gasteiger charge is 2.22. The molecule has 0 aliphatic carbocycles. The molecule has 1 N–H and O–H groups in total. The summed E-state index contributed by atoms with van der Waals surface area (Å²) in [6, 6.07) is 20.3.